The highest BCUT2D eigenvalue weighted by Crippen LogP contribution is 2.53. The largest absolute Gasteiger partial charge is 0.496 e. The van der Waals surface area contributed by atoms with E-state index in [9.17, 15) is 19.2 Å². The molecule has 2 saturated heterocycles. The number of carbonyl (C=O) groups is 4. The highest BCUT2D eigenvalue weighted by Gasteiger charge is 2.70. The quantitative estimate of drug-likeness (QED) is 0.587. The first-order chi connectivity index (χ1) is 15.4. The number of hydrogen-bond acceptors (Lipinski definition) is 6. The van der Waals surface area contributed by atoms with Gasteiger partial charge >= 0.3 is 0 Å². The van der Waals surface area contributed by atoms with Crippen molar-refractivity contribution in [3.05, 3.63) is 59.7 Å². The Morgan fingerprint density at radius 2 is 1.81 bits per heavy atom. The summed E-state index contributed by atoms with van der Waals surface area (Å²) < 4.78 is 5.36. The molecule has 5 rings (SSSR count). The van der Waals surface area contributed by atoms with E-state index in [0.717, 1.165) is 4.90 Å². The second-order valence-electron chi connectivity index (χ2n) is 8.31. The van der Waals surface area contributed by atoms with Gasteiger partial charge in [0.1, 0.15) is 11.3 Å². The van der Waals surface area contributed by atoms with Gasteiger partial charge in [0, 0.05) is 29.3 Å². The molecule has 0 radical (unpaired) electrons. The molecule has 3 aliphatic heterocycles. The molecule has 2 fully saturated rings. The maximum absolute atomic E-state index is 13.7. The number of primary amides is 1. The highest BCUT2D eigenvalue weighted by molar-refractivity contribution is 6.15. The Morgan fingerprint density at radius 1 is 1.09 bits per heavy atom. The number of hydrogen-bond donors (Lipinski definition) is 3. The molecule has 0 unspecified atom stereocenters. The minimum Gasteiger partial charge on any atom is -0.496 e. The van der Waals surface area contributed by atoms with Crippen LogP contribution in [0.25, 0.3) is 0 Å². The van der Waals surface area contributed by atoms with Crippen LogP contribution >= 0.6 is 0 Å². The van der Waals surface area contributed by atoms with Gasteiger partial charge in [0.05, 0.1) is 25.5 Å². The van der Waals surface area contributed by atoms with Crippen LogP contribution in [0, 0.1) is 11.8 Å². The Morgan fingerprint density at radius 3 is 2.56 bits per heavy atom. The first kappa shape index (κ1) is 20.2. The lowest BCUT2D eigenvalue weighted by molar-refractivity contribution is -0.143. The molecule has 1 spiro atoms. The predicted octanol–water partition coefficient (Wildman–Crippen LogP) is 0.491. The van der Waals surface area contributed by atoms with Crippen molar-refractivity contribution in [2.24, 2.45) is 17.6 Å². The van der Waals surface area contributed by atoms with Gasteiger partial charge in [-0.3, -0.25) is 29.4 Å². The van der Waals surface area contributed by atoms with Crippen molar-refractivity contribution in [2.45, 2.75) is 24.5 Å². The van der Waals surface area contributed by atoms with Crippen molar-refractivity contribution in [1.82, 2.24) is 10.2 Å². The molecule has 4 amide bonds. The number of para-hydroxylation sites is 2. The lowest BCUT2D eigenvalue weighted by Gasteiger charge is -2.29. The highest BCUT2D eigenvalue weighted by atomic mass is 16.5. The van der Waals surface area contributed by atoms with Crippen molar-refractivity contribution in [3.63, 3.8) is 0 Å². The zero-order valence-corrected chi connectivity index (χ0v) is 17.3. The van der Waals surface area contributed by atoms with Crippen LogP contribution in [0.1, 0.15) is 17.5 Å². The fraction of sp³-hybridized carbons (Fsp3) is 0.304. The molecule has 4 atom stereocenters. The molecule has 2 aromatic rings. The Balaban J connectivity index is 1.60. The topological polar surface area (TPSA) is 131 Å². The summed E-state index contributed by atoms with van der Waals surface area (Å²) in [4.78, 5) is 53.4. The monoisotopic (exact) mass is 434 g/mol. The van der Waals surface area contributed by atoms with Crippen molar-refractivity contribution in [1.29, 1.82) is 0 Å². The van der Waals surface area contributed by atoms with Crippen LogP contribution in [-0.2, 0) is 31.3 Å². The Hall–Kier alpha value is -3.72. The molecule has 164 valence electrons. The van der Waals surface area contributed by atoms with Crippen LogP contribution in [-0.4, -0.2) is 41.7 Å². The van der Waals surface area contributed by atoms with Crippen LogP contribution in [0.4, 0.5) is 5.69 Å². The maximum Gasteiger partial charge on any atom is 0.250 e. The number of nitrogens with zero attached hydrogens (tertiary/aromatic N) is 1. The number of carbonyl (C=O) groups excluding carboxylic acids is 4. The number of imide groups is 1. The molecular formula is C23H22N4O5. The summed E-state index contributed by atoms with van der Waals surface area (Å²) in [7, 11) is 1.52. The van der Waals surface area contributed by atoms with Gasteiger partial charge in [0.25, 0.3) is 0 Å². The second kappa shape index (κ2) is 7.16. The number of ether oxygens (including phenoxy) is 1. The summed E-state index contributed by atoms with van der Waals surface area (Å²) in [5.74, 6) is -3.25. The summed E-state index contributed by atoms with van der Waals surface area (Å²) in [5.41, 5.74) is 5.83. The van der Waals surface area contributed by atoms with Gasteiger partial charge in [-0.2, -0.15) is 0 Å². The summed E-state index contributed by atoms with van der Waals surface area (Å²) in [5, 5.41) is 5.98. The first-order valence-electron chi connectivity index (χ1n) is 10.3. The normalized spacial score (nSPS) is 28.1. The standard InChI is InChI=1S/C23H22N4O5/c1-32-16-9-5-2-6-12(16)11-27-20(29)18-15(10-17(24)28)26-23(19(18)21(27)30)13-7-3-4-8-14(13)25-22(23)31/h2-9,15,18-19,26H,10-11H2,1H3,(H2,24,28)(H,25,31)/t15-,18-,19-,23-/m0/s1. The third-order valence-corrected chi connectivity index (χ3v) is 6.66. The number of amides is 4. The zero-order valence-electron chi connectivity index (χ0n) is 17.3. The van der Waals surface area contributed by atoms with Crippen LogP contribution in [0.2, 0.25) is 0 Å². The molecule has 0 aromatic heterocycles. The first-order valence-corrected chi connectivity index (χ1v) is 10.3. The molecule has 0 bridgehead atoms. The van der Waals surface area contributed by atoms with Crippen molar-refractivity contribution in [2.75, 3.05) is 12.4 Å². The fourth-order valence-electron chi connectivity index (χ4n) is 5.37. The van der Waals surface area contributed by atoms with Gasteiger partial charge < -0.3 is 15.8 Å². The number of benzene rings is 2. The lowest BCUT2D eigenvalue weighted by atomic mass is 9.76. The van der Waals surface area contributed by atoms with Crippen molar-refractivity contribution in [3.8, 4) is 5.75 Å². The molecule has 9 nitrogen and oxygen atoms in total. The van der Waals surface area contributed by atoms with Gasteiger partial charge in [0.15, 0.2) is 0 Å². The minimum absolute atomic E-state index is 0.0112. The minimum atomic E-state index is -1.44. The van der Waals surface area contributed by atoms with E-state index >= 15 is 0 Å². The molecule has 2 aromatic carbocycles. The maximum atomic E-state index is 13.7. The number of rotatable bonds is 5. The summed E-state index contributed by atoms with van der Waals surface area (Å²) in [6.07, 6.45) is -0.167. The average molecular weight is 434 g/mol. The third kappa shape index (κ3) is 2.67. The Labute approximate surface area is 183 Å². The van der Waals surface area contributed by atoms with Gasteiger partial charge in [-0.1, -0.05) is 36.4 Å². The summed E-state index contributed by atoms with van der Waals surface area (Å²) in [6, 6.07) is 13.4. The number of nitrogens with two attached hydrogens (primary N) is 1. The van der Waals surface area contributed by atoms with E-state index in [1.165, 1.54) is 7.11 Å². The number of likely N-dealkylation sites (tertiary alicyclic amines) is 1. The predicted molar refractivity (Wildman–Crippen MR) is 113 cm³/mol. The molecule has 9 heteroatoms. The van der Waals surface area contributed by atoms with Crippen molar-refractivity contribution < 1.29 is 23.9 Å². The van der Waals surface area contributed by atoms with Crippen LogP contribution in [0.15, 0.2) is 48.5 Å². The van der Waals surface area contributed by atoms with Gasteiger partial charge in [-0.25, -0.2) is 0 Å². The van der Waals surface area contributed by atoms with E-state index in [0.29, 0.717) is 22.6 Å². The molecular weight excluding hydrogens is 412 g/mol. The van der Waals surface area contributed by atoms with Crippen LogP contribution in [0.5, 0.6) is 5.75 Å². The number of nitrogens with one attached hydrogen (secondary N) is 2. The Kier molecular flexibility index (Phi) is 4.52. The lowest BCUT2D eigenvalue weighted by Crippen LogP contribution is -2.53. The van der Waals surface area contributed by atoms with Gasteiger partial charge in [0.2, 0.25) is 23.6 Å². The van der Waals surface area contributed by atoms with E-state index in [1.54, 1.807) is 48.5 Å². The summed E-state index contributed by atoms with van der Waals surface area (Å²) in [6.45, 7) is 0.0112. The number of fused-ring (bicyclic) bond motifs is 4. The third-order valence-electron chi connectivity index (χ3n) is 6.66. The number of anilines is 1. The van der Waals surface area contributed by atoms with Crippen LogP contribution < -0.4 is 21.1 Å². The second-order valence-corrected chi connectivity index (χ2v) is 8.31. The number of methoxy groups -OCH3 is 1. The molecule has 32 heavy (non-hydrogen) atoms. The van der Waals surface area contributed by atoms with Crippen LogP contribution in [0.3, 0.4) is 0 Å². The SMILES string of the molecule is COc1ccccc1CN1C(=O)[C@H]2[C@H](CC(N)=O)N[C@]3(C(=O)Nc4ccccc43)[C@@H]2C1=O. The molecule has 3 heterocycles. The smallest absolute Gasteiger partial charge is 0.250 e. The van der Waals surface area contributed by atoms with E-state index < -0.39 is 47.0 Å². The molecule has 4 N–H and O–H groups in total. The Bertz CT molecular complexity index is 1160. The molecule has 0 saturated carbocycles. The van der Waals surface area contributed by atoms with Gasteiger partial charge in [-0.15, -0.1) is 0 Å². The zero-order chi connectivity index (χ0) is 22.6. The molecule has 0 aliphatic carbocycles. The van der Waals surface area contributed by atoms with E-state index in [1.807, 2.05) is 0 Å². The van der Waals surface area contributed by atoms with Crippen molar-refractivity contribution >= 4 is 29.3 Å². The van der Waals surface area contributed by atoms with E-state index in [2.05, 4.69) is 10.6 Å². The van der Waals surface area contributed by atoms with E-state index in [-0.39, 0.29) is 13.0 Å². The van der Waals surface area contributed by atoms with Gasteiger partial charge in [-0.05, 0) is 12.1 Å². The fourth-order valence-corrected chi connectivity index (χ4v) is 5.37. The summed E-state index contributed by atoms with van der Waals surface area (Å²) >= 11 is 0. The average Bonchev–Trinajstić information content (AvgIpc) is 3.34. The van der Waals surface area contributed by atoms with E-state index in [4.69, 9.17) is 10.5 Å². The molecule has 3 aliphatic rings.